The van der Waals surface area contributed by atoms with Crippen molar-refractivity contribution in [3.63, 3.8) is 0 Å². The lowest BCUT2D eigenvalue weighted by Crippen LogP contribution is -2.17. The summed E-state index contributed by atoms with van der Waals surface area (Å²) in [4.78, 5) is 0. The highest BCUT2D eigenvalue weighted by molar-refractivity contribution is 9.09. The van der Waals surface area contributed by atoms with Gasteiger partial charge < -0.3 is 23.7 Å². The molecule has 10 bridgehead atoms. The topological polar surface area (TPSA) is 46.2 Å². The molecule has 6 rings (SSSR count). The van der Waals surface area contributed by atoms with Gasteiger partial charge in [0.05, 0.1) is 26.4 Å². The first-order valence-electron chi connectivity index (χ1n) is 21.0. The van der Waals surface area contributed by atoms with E-state index < -0.39 is 0 Å². The Bertz CT molecular complexity index is 1960. The number of fused-ring (bicyclic) bond motifs is 4. The van der Waals surface area contributed by atoms with E-state index in [4.69, 9.17) is 23.7 Å². The Labute approximate surface area is 366 Å². The molecule has 0 atom stereocenters. The molecule has 2 aliphatic heterocycles. The monoisotopic (exact) mass is 916 g/mol. The van der Waals surface area contributed by atoms with E-state index in [1.807, 2.05) is 0 Å². The first-order valence-corrected chi connectivity index (χ1v) is 23.3. The molecule has 0 aromatic heterocycles. The number of halogens is 2. The summed E-state index contributed by atoms with van der Waals surface area (Å²) in [6.07, 6.45) is 2.00. The summed E-state index contributed by atoms with van der Waals surface area (Å²) in [5, 5.41) is 1.45. The van der Waals surface area contributed by atoms with Crippen LogP contribution >= 0.6 is 31.9 Å². The average molecular weight is 919 g/mol. The van der Waals surface area contributed by atoms with Crippen LogP contribution in [0.4, 0.5) is 0 Å². The van der Waals surface area contributed by atoms with Gasteiger partial charge in [-0.1, -0.05) is 151 Å². The van der Waals surface area contributed by atoms with Crippen molar-refractivity contribution < 1.29 is 23.7 Å². The van der Waals surface area contributed by atoms with Gasteiger partial charge in [0.1, 0.15) is 36.2 Å². The summed E-state index contributed by atoms with van der Waals surface area (Å²) in [6.45, 7) is 30.2. The number of benzene rings is 4. The fraction of sp³-hybridized carbons (Fsp3) is 0.529. The molecule has 0 radical (unpaired) electrons. The summed E-state index contributed by atoms with van der Waals surface area (Å²) in [5.41, 5.74) is 13.8. The van der Waals surface area contributed by atoms with Crippen LogP contribution < -0.4 is 18.9 Å². The van der Waals surface area contributed by atoms with Crippen LogP contribution in [-0.4, -0.2) is 37.1 Å². The lowest BCUT2D eigenvalue weighted by atomic mass is 9.80. The third kappa shape index (κ3) is 10.3. The third-order valence-corrected chi connectivity index (χ3v) is 12.0. The normalized spacial score (nSPS) is 15.1. The Morgan fingerprint density at radius 3 is 1.00 bits per heavy atom. The number of alkyl halides is 2. The number of hydrogen-bond acceptors (Lipinski definition) is 5. The van der Waals surface area contributed by atoms with Crippen molar-refractivity contribution in [2.75, 3.05) is 37.1 Å². The molecule has 0 aliphatic carbocycles. The van der Waals surface area contributed by atoms with Crippen molar-refractivity contribution in [2.24, 2.45) is 0 Å². The van der Waals surface area contributed by atoms with Gasteiger partial charge in [-0.25, -0.2) is 0 Å². The van der Waals surface area contributed by atoms with Gasteiger partial charge in [-0.2, -0.15) is 0 Å². The molecular formula is C51H66Br2O5. The summed E-state index contributed by atoms with van der Waals surface area (Å²) in [7, 11) is 0. The SMILES string of the molecule is CC(C)(C)c1cc2c(OCCBr)c(c1)Cc1cc(C(C)(C)C)cc3c1OCCOc1c(cc(C(C)(C)C)cc1C3)Cc1cc(C(C)(C)C)cc(c1OCCBr)COC2. The summed E-state index contributed by atoms with van der Waals surface area (Å²) < 4.78 is 34.0. The quantitative estimate of drug-likeness (QED) is 0.180. The number of ether oxygens (including phenoxy) is 5. The molecule has 0 spiro atoms. The minimum Gasteiger partial charge on any atom is -0.492 e. The lowest BCUT2D eigenvalue weighted by Gasteiger charge is -2.28. The van der Waals surface area contributed by atoms with E-state index in [0.29, 0.717) is 58.9 Å². The van der Waals surface area contributed by atoms with E-state index in [2.05, 4.69) is 163 Å². The fourth-order valence-electron chi connectivity index (χ4n) is 7.95. The van der Waals surface area contributed by atoms with Crippen LogP contribution in [-0.2, 0) is 58.9 Å². The molecule has 2 heterocycles. The van der Waals surface area contributed by atoms with Crippen LogP contribution in [0, 0.1) is 0 Å². The van der Waals surface area contributed by atoms with Crippen LogP contribution in [0.3, 0.4) is 0 Å². The minimum atomic E-state index is -0.0961. The summed E-state index contributed by atoms with van der Waals surface area (Å²) in [6, 6.07) is 18.8. The summed E-state index contributed by atoms with van der Waals surface area (Å²) >= 11 is 7.29. The van der Waals surface area contributed by atoms with E-state index >= 15 is 0 Å². The second kappa shape index (κ2) is 17.5. The van der Waals surface area contributed by atoms with Gasteiger partial charge in [0.25, 0.3) is 0 Å². The van der Waals surface area contributed by atoms with Crippen molar-refractivity contribution >= 4 is 31.9 Å². The molecule has 0 fully saturated rings. The lowest BCUT2D eigenvalue weighted by molar-refractivity contribution is 0.102. The van der Waals surface area contributed by atoms with Crippen molar-refractivity contribution in [2.45, 2.75) is 137 Å². The molecule has 0 N–H and O–H groups in total. The van der Waals surface area contributed by atoms with Gasteiger partial charge in [0.15, 0.2) is 0 Å². The molecule has 4 aromatic carbocycles. The minimum absolute atomic E-state index is 0.0835. The maximum atomic E-state index is 6.87. The van der Waals surface area contributed by atoms with Crippen LogP contribution in [0.25, 0.3) is 0 Å². The molecule has 4 aromatic rings. The molecular weight excluding hydrogens is 852 g/mol. The molecule has 0 amide bonds. The zero-order valence-corrected chi connectivity index (χ0v) is 40.4. The van der Waals surface area contributed by atoms with Crippen LogP contribution in [0.1, 0.15) is 150 Å². The van der Waals surface area contributed by atoms with E-state index in [1.54, 1.807) is 0 Å². The highest BCUT2D eigenvalue weighted by atomic mass is 79.9. The predicted molar refractivity (Wildman–Crippen MR) is 247 cm³/mol. The maximum absolute atomic E-state index is 6.87. The molecule has 5 nitrogen and oxygen atoms in total. The Balaban J connectivity index is 1.72. The van der Waals surface area contributed by atoms with E-state index in [1.165, 1.54) is 44.5 Å². The molecule has 0 unspecified atom stereocenters. The Hall–Kier alpha value is -3.00. The maximum Gasteiger partial charge on any atom is 0.128 e. The fourth-order valence-corrected chi connectivity index (χ4v) is 8.27. The highest BCUT2D eigenvalue weighted by Crippen LogP contribution is 2.43. The largest absolute Gasteiger partial charge is 0.492 e. The Morgan fingerprint density at radius 2 is 0.707 bits per heavy atom. The summed E-state index contributed by atoms with van der Waals surface area (Å²) in [5.74, 6) is 3.68. The molecule has 2 aliphatic rings. The molecule has 0 saturated carbocycles. The zero-order chi connectivity index (χ0) is 42.2. The van der Waals surface area contributed by atoms with Crippen LogP contribution in [0.15, 0.2) is 48.5 Å². The van der Waals surface area contributed by atoms with E-state index in [9.17, 15) is 0 Å². The number of hydrogen-bond donors (Lipinski definition) is 0. The molecule has 0 saturated heterocycles. The first-order chi connectivity index (χ1) is 27.2. The van der Waals surface area contributed by atoms with Crippen molar-refractivity contribution in [1.82, 2.24) is 0 Å². The van der Waals surface area contributed by atoms with Gasteiger partial charge in [0.2, 0.25) is 0 Å². The van der Waals surface area contributed by atoms with E-state index in [-0.39, 0.29) is 21.7 Å². The van der Waals surface area contributed by atoms with Gasteiger partial charge in [0, 0.05) is 41.0 Å². The van der Waals surface area contributed by atoms with Crippen LogP contribution in [0.2, 0.25) is 0 Å². The second-order valence-electron chi connectivity index (χ2n) is 20.3. The standard InChI is InChI=1S/C51H66Br2O5/c1-48(2,3)40-22-32-19-33-23-41(49(4,5)6)25-35-21-37-27-43(51(10,11)12)29-39(47(37)56-16-14-53)31-54-30-38-28-42(50(7,8)9)26-36(46(38)55-15-13-52)20-34(24-40)44(32)57-17-18-58-45(33)35/h22-29H,13-21,30-31H2,1-12H3. The van der Waals surface area contributed by atoms with Crippen molar-refractivity contribution in [1.29, 1.82) is 0 Å². The molecule has 7 heteroatoms. The Kier molecular flexibility index (Phi) is 13.5. The van der Waals surface area contributed by atoms with Gasteiger partial charge in [-0.3, -0.25) is 0 Å². The number of rotatable bonds is 6. The average Bonchev–Trinajstić information content (AvgIpc) is 3.21. The van der Waals surface area contributed by atoms with Crippen molar-refractivity contribution in [3.05, 3.63) is 115 Å². The van der Waals surface area contributed by atoms with E-state index in [0.717, 1.165) is 55.9 Å². The van der Waals surface area contributed by atoms with Crippen LogP contribution in [0.5, 0.6) is 23.0 Å². The van der Waals surface area contributed by atoms with Gasteiger partial charge in [-0.05, 0) is 89.4 Å². The highest BCUT2D eigenvalue weighted by Gasteiger charge is 2.29. The van der Waals surface area contributed by atoms with Gasteiger partial charge >= 0.3 is 0 Å². The van der Waals surface area contributed by atoms with Gasteiger partial charge in [-0.15, -0.1) is 0 Å². The third-order valence-electron chi connectivity index (χ3n) is 11.3. The predicted octanol–water partition coefficient (Wildman–Crippen LogP) is 13.0. The molecule has 58 heavy (non-hydrogen) atoms. The smallest absolute Gasteiger partial charge is 0.128 e. The first kappa shape index (κ1) is 44.5. The van der Waals surface area contributed by atoms with Crippen molar-refractivity contribution in [3.8, 4) is 23.0 Å². The zero-order valence-electron chi connectivity index (χ0n) is 37.2. The molecule has 314 valence electrons. The Morgan fingerprint density at radius 1 is 0.431 bits per heavy atom. The second-order valence-corrected chi connectivity index (χ2v) is 21.9.